The molecule has 19 heavy (non-hydrogen) atoms. The standard InChI is InChI=1S/C13H16N2O4/c1-8(9-4-6-14-7-5-9)15-12(16)10-2-3-11(19-10)13(17)18/h4-8,10-11H,2-3H2,1H3,(H,15,16)(H,17,18)/t8?,10-,11+/m0/s1. The number of carbonyl (C=O) groups excluding carboxylic acids is 1. The molecular formula is C13H16N2O4. The fourth-order valence-corrected chi connectivity index (χ4v) is 2.05. The molecule has 1 saturated heterocycles. The number of carbonyl (C=O) groups is 2. The molecule has 1 fully saturated rings. The summed E-state index contributed by atoms with van der Waals surface area (Å²) in [5.41, 5.74) is 0.941. The quantitative estimate of drug-likeness (QED) is 0.843. The van der Waals surface area contributed by atoms with Crippen LogP contribution in [-0.4, -0.2) is 34.2 Å². The van der Waals surface area contributed by atoms with E-state index in [2.05, 4.69) is 10.3 Å². The van der Waals surface area contributed by atoms with E-state index >= 15 is 0 Å². The monoisotopic (exact) mass is 264 g/mol. The maximum atomic E-state index is 12.0. The van der Waals surface area contributed by atoms with Crippen molar-refractivity contribution in [2.45, 2.75) is 38.0 Å². The number of hydrogen-bond donors (Lipinski definition) is 2. The number of hydrogen-bond acceptors (Lipinski definition) is 4. The molecule has 1 aromatic rings. The van der Waals surface area contributed by atoms with Gasteiger partial charge in [-0.1, -0.05) is 0 Å². The van der Waals surface area contributed by atoms with Crippen LogP contribution in [0.5, 0.6) is 0 Å². The average Bonchev–Trinajstić information content (AvgIpc) is 2.89. The van der Waals surface area contributed by atoms with Gasteiger partial charge in [0, 0.05) is 12.4 Å². The van der Waals surface area contributed by atoms with E-state index < -0.39 is 18.2 Å². The molecule has 1 aromatic heterocycles. The Bertz CT molecular complexity index is 463. The fraction of sp³-hybridized carbons (Fsp3) is 0.462. The van der Waals surface area contributed by atoms with E-state index in [0.29, 0.717) is 12.8 Å². The van der Waals surface area contributed by atoms with E-state index in [0.717, 1.165) is 5.56 Å². The number of aliphatic carboxylic acids is 1. The summed E-state index contributed by atoms with van der Waals surface area (Å²) in [6.07, 6.45) is 2.58. The second-order valence-electron chi connectivity index (χ2n) is 4.54. The summed E-state index contributed by atoms with van der Waals surface area (Å²) in [6.45, 7) is 1.86. The highest BCUT2D eigenvalue weighted by atomic mass is 16.5. The lowest BCUT2D eigenvalue weighted by molar-refractivity contribution is -0.151. The second kappa shape index (κ2) is 5.79. The Hall–Kier alpha value is -1.95. The normalized spacial score (nSPS) is 23.8. The maximum Gasteiger partial charge on any atom is 0.332 e. The second-order valence-corrected chi connectivity index (χ2v) is 4.54. The average molecular weight is 264 g/mol. The van der Waals surface area contributed by atoms with Gasteiger partial charge in [-0.2, -0.15) is 0 Å². The lowest BCUT2D eigenvalue weighted by Gasteiger charge is -2.17. The highest BCUT2D eigenvalue weighted by molar-refractivity contribution is 5.82. The summed E-state index contributed by atoms with van der Waals surface area (Å²) < 4.78 is 5.20. The number of amides is 1. The summed E-state index contributed by atoms with van der Waals surface area (Å²) in [5, 5.41) is 11.6. The minimum absolute atomic E-state index is 0.164. The van der Waals surface area contributed by atoms with Crippen LogP contribution in [0.25, 0.3) is 0 Å². The first kappa shape index (κ1) is 13.5. The minimum atomic E-state index is -1.02. The van der Waals surface area contributed by atoms with Crippen molar-refractivity contribution in [1.82, 2.24) is 10.3 Å². The third-order valence-corrected chi connectivity index (χ3v) is 3.15. The van der Waals surface area contributed by atoms with Crippen LogP contribution in [0.1, 0.15) is 31.4 Å². The molecule has 2 heterocycles. The van der Waals surface area contributed by atoms with E-state index in [1.165, 1.54) is 0 Å². The van der Waals surface area contributed by atoms with Gasteiger partial charge < -0.3 is 15.2 Å². The van der Waals surface area contributed by atoms with Gasteiger partial charge in [0.05, 0.1) is 6.04 Å². The molecule has 0 aliphatic carbocycles. The highest BCUT2D eigenvalue weighted by Gasteiger charge is 2.35. The third-order valence-electron chi connectivity index (χ3n) is 3.15. The lowest BCUT2D eigenvalue weighted by atomic mass is 10.1. The van der Waals surface area contributed by atoms with Crippen LogP contribution in [0.15, 0.2) is 24.5 Å². The number of rotatable bonds is 4. The van der Waals surface area contributed by atoms with Gasteiger partial charge in [-0.25, -0.2) is 4.79 Å². The van der Waals surface area contributed by atoms with Gasteiger partial charge in [0.25, 0.3) is 0 Å². The number of carboxylic acids is 1. The van der Waals surface area contributed by atoms with Crippen molar-refractivity contribution in [3.05, 3.63) is 30.1 Å². The van der Waals surface area contributed by atoms with Crippen LogP contribution in [0.2, 0.25) is 0 Å². The largest absolute Gasteiger partial charge is 0.479 e. The molecule has 1 aliphatic rings. The first-order valence-corrected chi connectivity index (χ1v) is 6.16. The lowest BCUT2D eigenvalue weighted by Crippen LogP contribution is -2.37. The van der Waals surface area contributed by atoms with Crippen LogP contribution < -0.4 is 5.32 Å². The van der Waals surface area contributed by atoms with Crippen LogP contribution in [0.3, 0.4) is 0 Å². The molecule has 102 valence electrons. The molecule has 6 nitrogen and oxygen atoms in total. The third kappa shape index (κ3) is 3.29. The van der Waals surface area contributed by atoms with Crippen LogP contribution in [0.4, 0.5) is 0 Å². The Labute approximate surface area is 110 Å². The van der Waals surface area contributed by atoms with Crippen molar-refractivity contribution in [3.8, 4) is 0 Å². The summed E-state index contributed by atoms with van der Waals surface area (Å²) >= 11 is 0. The molecule has 3 atom stereocenters. The highest BCUT2D eigenvalue weighted by Crippen LogP contribution is 2.21. The van der Waals surface area contributed by atoms with Gasteiger partial charge in [-0.15, -0.1) is 0 Å². The van der Waals surface area contributed by atoms with Gasteiger partial charge in [0.1, 0.15) is 6.10 Å². The van der Waals surface area contributed by atoms with E-state index in [4.69, 9.17) is 9.84 Å². The Morgan fingerprint density at radius 2 is 2.00 bits per heavy atom. The van der Waals surface area contributed by atoms with E-state index in [1.54, 1.807) is 12.4 Å². The SMILES string of the molecule is CC(NC(=O)[C@@H]1CC[C@H](C(=O)O)O1)c1ccncc1. The first-order valence-electron chi connectivity index (χ1n) is 6.16. The van der Waals surface area contributed by atoms with Crippen molar-refractivity contribution >= 4 is 11.9 Å². The maximum absolute atomic E-state index is 12.0. The summed E-state index contributed by atoms with van der Waals surface area (Å²) in [7, 11) is 0. The van der Waals surface area contributed by atoms with Gasteiger partial charge in [-0.05, 0) is 37.5 Å². The molecule has 0 bridgehead atoms. The van der Waals surface area contributed by atoms with Crippen molar-refractivity contribution < 1.29 is 19.4 Å². The molecule has 2 N–H and O–H groups in total. The van der Waals surface area contributed by atoms with Crippen LogP contribution >= 0.6 is 0 Å². The molecule has 0 spiro atoms. The molecule has 0 saturated carbocycles. The van der Waals surface area contributed by atoms with Crippen LogP contribution in [-0.2, 0) is 14.3 Å². The Morgan fingerprint density at radius 1 is 1.37 bits per heavy atom. The van der Waals surface area contributed by atoms with E-state index in [-0.39, 0.29) is 11.9 Å². The molecule has 6 heteroatoms. The molecule has 1 unspecified atom stereocenters. The zero-order valence-corrected chi connectivity index (χ0v) is 10.6. The smallest absolute Gasteiger partial charge is 0.332 e. The number of ether oxygens (including phenoxy) is 1. The first-order chi connectivity index (χ1) is 9.08. The summed E-state index contributed by atoms with van der Waals surface area (Å²) in [6, 6.07) is 3.48. The Balaban J connectivity index is 1.90. The molecule has 1 amide bonds. The fourth-order valence-electron chi connectivity index (χ4n) is 2.05. The Morgan fingerprint density at radius 3 is 2.58 bits per heavy atom. The van der Waals surface area contributed by atoms with Crippen LogP contribution in [0, 0.1) is 0 Å². The molecule has 1 aliphatic heterocycles. The predicted molar refractivity (Wildman–Crippen MR) is 66.3 cm³/mol. The van der Waals surface area contributed by atoms with Crippen molar-refractivity contribution in [2.75, 3.05) is 0 Å². The van der Waals surface area contributed by atoms with Gasteiger partial charge in [-0.3, -0.25) is 9.78 Å². The predicted octanol–water partition coefficient (Wildman–Crippen LogP) is 0.891. The number of nitrogens with zero attached hydrogens (tertiary/aromatic N) is 1. The van der Waals surface area contributed by atoms with E-state index in [9.17, 15) is 9.59 Å². The Kier molecular flexibility index (Phi) is 4.11. The molecule has 2 rings (SSSR count). The van der Waals surface area contributed by atoms with Gasteiger partial charge in [0.2, 0.25) is 5.91 Å². The van der Waals surface area contributed by atoms with Gasteiger partial charge in [0.15, 0.2) is 6.10 Å². The molecule has 0 aromatic carbocycles. The zero-order chi connectivity index (χ0) is 13.8. The topological polar surface area (TPSA) is 88.5 Å². The number of aromatic nitrogens is 1. The number of carboxylic acid groups (broad SMARTS) is 1. The van der Waals surface area contributed by atoms with Crippen molar-refractivity contribution in [1.29, 1.82) is 0 Å². The van der Waals surface area contributed by atoms with Crippen molar-refractivity contribution in [3.63, 3.8) is 0 Å². The summed E-state index contributed by atoms with van der Waals surface area (Å²) in [5.74, 6) is -1.29. The summed E-state index contributed by atoms with van der Waals surface area (Å²) in [4.78, 5) is 26.6. The minimum Gasteiger partial charge on any atom is -0.479 e. The molecule has 0 radical (unpaired) electrons. The van der Waals surface area contributed by atoms with Crippen molar-refractivity contribution in [2.24, 2.45) is 0 Å². The van der Waals surface area contributed by atoms with Gasteiger partial charge >= 0.3 is 5.97 Å². The van der Waals surface area contributed by atoms with E-state index in [1.807, 2.05) is 19.1 Å². The zero-order valence-electron chi connectivity index (χ0n) is 10.6. The number of pyridine rings is 1. The molecular weight excluding hydrogens is 248 g/mol. The number of nitrogens with one attached hydrogen (secondary N) is 1.